The van der Waals surface area contributed by atoms with Gasteiger partial charge >= 0.3 is 5.97 Å². The van der Waals surface area contributed by atoms with Crippen LogP contribution in [0, 0.1) is 12.3 Å². The second kappa shape index (κ2) is 5.95. The Bertz CT molecular complexity index is 535. The Hall–Kier alpha value is -1.36. The predicted molar refractivity (Wildman–Crippen MR) is 78.4 cm³/mol. The number of carboxylic acid groups (broad SMARTS) is 1. The standard InChI is InChI=1S/C15H20O4S/c1-11-3-4-13(19-2)12(7-11)9-20(18)10-15(5-6-15)8-14(16)17/h3-4,7H,5-6,8-10H2,1-2H3,(H,16,17). The van der Waals surface area contributed by atoms with E-state index in [0.717, 1.165) is 29.7 Å². The van der Waals surface area contributed by atoms with E-state index in [1.54, 1.807) is 7.11 Å². The van der Waals surface area contributed by atoms with Gasteiger partial charge in [-0.25, -0.2) is 0 Å². The molecule has 1 unspecified atom stereocenters. The lowest BCUT2D eigenvalue weighted by Crippen LogP contribution is -2.17. The largest absolute Gasteiger partial charge is 0.496 e. The van der Waals surface area contributed by atoms with Crippen molar-refractivity contribution in [1.29, 1.82) is 0 Å². The molecule has 0 amide bonds. The maximum absolute atomic E-state index is 12.3. The summed E-state index contributed by atoms with van der Waals surface area (Å²) in [5.41, 5.74) is 1.80. The highest BCUT2D eigenvalue weighted by molar-refractivity contribution is 7.84. The van der Waals surface area contributed by atoms with Crippen molar-refractivity contribution >= 4 is 16.8 Å². The van der Waals surface area contributed by atoms with Crippen molar-refractivity contribution in [3.63, 3.8) is 0 Å². The van der Waals surface area contributed by atoms with Crippen LogP contribution in [0.1, 0.15) is 30.4 Å². The van der Waals surface area contributed by atoms with E-state index in [-0.39, 0.29) is 11.8 Å². The summed E-state index contributed by atoms with van der Waals surface area (Å²) < 4.78 is 17.6. The van der Waals surface area contributed by atoms with Gasteiger partial charge in [0.1, 0.15) is 5.75 Å². The van der Waals surface area contributed by atoms with Gasteiger partial charge < -0.3 is 9.84 Å². The molecule has 0 spiro atoms. The molecular weight excluding hydrogens is 276 g/mol. The molecule has 1 aromatic rings. The highest BCUT2D eigenvalue weighted by Crippen LogP contribution is 2.49. The van der Waals surface area contributed by atoms with Gasteiger partial charge in [0.05, 0.1) is 19.3 Å². The highest BCUT2D eigenvalue weighted by atomic mass is 32.2. The van der Waals surface area contributed by atoms with E-state index in [1.807, 2.05) is 25.1 Å². The van der Waals surface area contributed by atoms with Gasteiger partial charge in [-0.05, 0) is 31.2 Å². The first-order chi connectivity index (χ1) is 9.44. The van der Waals surface area contributed by atoms with Gasteiger partial charge in [-0.3, -0.25) is 9.00 Å². The first-order valence-electron chi connectivity index (χ1n) is 6.64. The number of methoxy groups -OCH3 is 1. The molecular formula is C15H20O4S. The summed E-state index contributed by atoms with van der Waals surface area (Å²) in [6.45, 7) is 1.98. The number of aryl methyl sites for hydroxylation is 1. The first kappa shape index (κ1) is 15.0. The number of carboxylic acids is 1. The molecule has 1 aliphatic carbocycles. The van der Waals surface area contributed by atoms with Crippen LogP contribution >= 0.6 is 0 Å². The summed E-state index contributed by atoms with van der Waals surface area (Å²) >= 11 is 0. The minimum absolute atomic E-state index is 0.129. The smallest absolute Gasteiger partial charge is 0.303 e. The van der Waals surface area contributed by atoms with E-state index >= 15 is 0 Å². The molecule has 1 aliphatic rings. The van der Waals surface area contributed by atoms with Crippen LogP contribution in [-0.4, -0.2) is 28.1 Å². The molecule has 20 heavy (non-hydrogen) atoms. The molecule has 2 rings (SSSR count). The Kier molecular flexibility index (Phi) is 4.48. The van der Waals surface area contributed by atoms with Crippen LogP contribution in [-0.2, 0) is 21.3 Å². The molecule has 1 aromatic carbocycles. The molecule has 0 aromatic heterocycles. The Morgan fingerprint density at radius 2 is 2.15 bits per heavy atom. The maximum atomic E-state index is 12.3. The molecule has 1 atom stereocenters. The van der Waals surface area contributed by atoms with E-state index in [0.29, 0.717) is 11.5 Å². The predicted octanol–water partition coefficient (Wildman–Crippen LogP) is 2.51. The molecule has 5 heteroatoms. The molecule has 1 N–H and O–H groups in total. The molecule has 0 bridgehead atoms. The third-order valence-corrected chi connectivity index (χ3v) is 5.27. The van der Waals surface area contributed by atoms with Gasteiger partial charge in [0, 0.05) is 22.1 Å². The van der Waals surface area contributed by atoms with Crippen molar-refractivity contribution in [3.05, 3.63) is 29.3 Å². The van der Waals surface area contributed by atoms with E-state index in [1.165, 1.54) is 0 Å². The van der Waals surface area contributed by atoms with Gasteiger partial charge in [-0.15, -0.1) is 0 Å². The average molecular weight is 296 g/mol. The van der Waals surface area contributed by atoms with Gasteiger partial charge in [0.15, 0.2) is 0 Å². The average Bonchev–Trinajstić information content (AvgIpc) is 3.07. The zero-order chi connectivity index (χ0) is 14.8. The van der Waals surface area contributed by atoms with E-state index in [2.05, 4.69) is 0 Å². The van der Waals surface area contributed by atoms with Crippen LogP contribution in [0.15, 0.2) is 18.2 Å². The van der Waals surface area contributed by atoms with Crippen LogP contribution in [0.2, 0.25) is 0 Å². The summed E-state index contributed by atoms with van der Waals surface area (Å²) in [5, 5.41) is 8.89. The topological polar surface area (TPSA) is 63.6 Å². The van der Waals surface area contributed by atoms with Gasteiger partial charge in [0.2, 0.25) is 0 Å². The van der Waals surface area contributed by atoms with Crippen molar-refractivity contribution in [2.24, 2.45) is 5.41 Å². The first-order valence-corrected chi connectivity index (χ1v) is 8.13. The van der Waals surface area contributed by atoms with Crippen LogP contribution in [0.5, 0.6) is 5.75 Å². The van der Waals surface area contributed by atoms with Crippen LogP contribution in [0.4, 0.5) is 0 Å². The van der Waals surface area contributed by atoms with Crippen molar-refractivity contribution < 1.29 is 18.8 Å². The molecule has 0 heterocycles. The third kappa shape index (κ3) is 3.82. The minimum atomic E-state index is -1.06. The fourth-order valence-corrected chi connectivity index (χ4v) is 4.20. The molecule has 1 saturated carbocycles. The monoisotopic (exact) mass is 296 g/mol. The van der Waals surface area contributed by atoms with Crippen molar-refractivity contribution in [2.45, 2.75) is 31.9 Å². The number of carbonyl (C=O) groups is 1. The fourth-order valence-electron chi connectivity index (χ4n) is 2.46. The summed E-state index contributed by atoms with van der Waals surface area (Å²) in [5.74, 6) is 0.836. The molecule has 0 saturated heterocycles. The second-order valence-electron chi connectivity index (χ2n) is 5.61. The second-order valence-corrected chi connectivity index (χ2v) is 7.07. The zero-order valence-corrected chi connectivity index (χ0v) is 12.7. The maximum Gasteiger partial charge on any atom is 0.303 e. The molecule has 1 fully saturated rings. The number of hydrogen-bond donors (Lipinski definition) is 1. The summed E-state index contributed by atoms with van der Waals surface area (Å²) in [6, 6.07) is 5.82. The Morgan fingerprint density at radius 1 is 1.45 bits per heavy atom. The Morgan fingerprint density at radius 3 is 2.70 bits per heavy atom. The third-order valence-electron chi connectivity index (χ3n) is 3.70. The molecule has 110 valence electrons. The lowest BCUT2D eigenvalue weighted by atomic mass is 10.1. The molecule has 0 aliphatic heterocycles. The zero-order valence-electron chi connectivity index (χ0n) is 11.8. The molecule has 4 nitrogen and oxygen atoms in total. The van der Waals surface area contributed by atoms with Crippen molar-refractivity contribution in [2.75, 3.05) is 12.9 Å². The van der Waals surface area contributed by atoms with E-state index < -0.39 is 16.8 Å². The van der Waals surface area contributed by atoms with Gasteiger partial charge in [0.25, 0.3) is 0 Å². The highest BCUT2D eigenvalue weighted by Gasteiger charge is 2.45. The number of hydrogen-bond acceptors (Lipinski definition) is 3. The Balaban J connectivity index is 2.02. The lowest BCUT2D eigenvalue weighted by Gasteiger charge is -2.13. The van der Waals surface area contributed by atoms with E-state index in [9.17, 15) is 9.00 Å². The molecule has 0 radical (unpaired) electrons. The van der Waals surface area contributed by atoms with Crippen molar-refractivity contribution in [3.8, 4) is 5.75 Å². The quantitative estimate of drug-likeness (QED) is 0.839. The van der Waals surface area contributed by atoms with Crippen LogP contribution in [0.25, 0.3) is 0 Å². The summed E-state index contributed by atoms with van der Waals surface area (Å²) in [6.07, 6.45) is 1.87. The number of ether oxygens (including phenoxy) is 1. The fraction of sp³-hybridized carbons (Fsp3) is 0.533. The SMILES string of the molecule is COc1ccc(C)cc1CS(=O)CC1(CC(=O)O)CC1. The minimum Gasteiger partial charge on any atom is -0.496 e. The number of aliphatic carboxylic acids is 1. The van der Waals surface area contributed by atoms with Gasteiger partial charge in [-0.1, -0.05) is 17.7 Å². The number of benzene rings is 1. The Labute approximate surface area is 121 Å². The van der Waals surface area contributed by atoms with E-state index in [4.69, 9.17) is 9.84 Å². The number of rotatable bonds is 7. The van der Waals surface area contributed by atoms with Gasteiger partial charge in [-0.2, -0.15) is 0 Å². The van der Waals surface area contributed by atoms with Crippen LogP contribution in [0.3, 0.4) is 0 Å². The summed E-state index contributed by atoms with van der Waals surface area (Å²) in [4.78, 5) is 10.8. The lowest BCUT2D eigenvalue weighted by molar-refractivity contribution is -0.138. The summed E-state index contributed by atoms with van der Waals surface area (Å²) in [7, 11) is 0.543. The van der Waals surface area contributed by atoms with Crippen LogP contribution < -0.4 is 4.74 Å². The normalized spacial score (nSPS) is 17.5. The van der Waals surface area contributed by atoms with Crippen molar-refractivity contribution in [1.82, 2.24) is 0 Å².